The van der Waals surface area contributed by atoms with E-state index in [2.05, 4.69) is 12.2 Å². The Bertz CT molecular complexity index is 390. The highest BCUT2D eigenvalue weighted by molar-refractivity contribution is 7.08. The second-order valence-electron chi connectivity index (χ2n) is 4.34. The van der Waals surface area contributed by atoms with E-state index in [1.165, 1.54) is 11.3 Å². The van der Waals surface area contributed by atoms with Crippen molar-refractivity contribution in [3.05, 3.63) is 22.4 Å². The number of carbonyl (C=O) groups is 2. The Morgan fingerprint density at radius 2 is 2.16 bits per heavy atom. The van der Waals surface area contributed by atoms with Gasteiger partial charge in [0.15, 0.2) is 0 Å². The van der Waals surface area contributed by atoms with E-state index in [0.717, 1.165) is 25.9 Å². The van der Waals surface area contributed by atoms with Crippen molar-refractivity contribution in [2.24, 2.45) is 0 Å². The van der Waals surface area contributed by atoms with Crippen molar-refractivity contribution < 1.29 is 9.59 Å². The van der Waals surface area contributed by atoms with Gasteiger partial charge in [0.05, 0.1) is 0 Å². The standard InChI is InChI=1S/C14H22N2O2S/c1-3-5-9-16(4-2)13(17)6-8-15-14(18)12-7-10-19-11-12/h7,10-11H,3-6,8-9H2,1-2H3,(H,15,18). The molecule has 0 aromatic carbocycles. The number of nitrogens with zero attached hydrogens (tertiary/aromatic N) is 1. The fourth-order valence-electron chi connectivity index (χ4n) is 1.74. The van der Waals surface area contributed by atoms with Crippen LogP contribution in [0.1, 0.15) is 43.5 Å². The highest BCUT2D eigenvalue weighted by Gasteiger charge is 2.11. The van der Waals surface area contributed by atoms with Crippen molar-refractivity contribution in [3.8, 4) is 0 Å². The molecule has 5 heteroatoms. The predicted molar refractivity (Wildman–Crippen MR) is 78.4 cm³/mol. The molecule has 106 valence electrons. The van der Waals surface area contributed by atoms with Crippen LogP contribution in [0.5, 0.6) is 0 Å². The molecule has 1 aromatic heterocycles. The van der Waals surface area contributed by atoms with Crippen molar-refractivity contribution >= 4 is 23.2 Å². The third-order valence-electron chi connectivity index (χ3n) is 2.92. The number of amides is 2. The van der Waals surface area contributed by atoms with Crippen LogP contribution < -0.4 is 5.32 Å². The molecule has 0 saturated heterocycles. The van der Waals surface area contributed by atoms with Gasteiger partial charge in [-0.3, -0.25) is 9.59 Å². The van der Waals surface area contributed by atoms with Crippen molar-refractivity contribution in [2.45, 2.75) is 33.1 Å². The van der Waals surface area contributed by atoms with E-state index >= 15 is 0 Å². The summed E-state index contributed by atoms with van der Waals surface area (Å²) in [5.74, 6) is 0.00669. The molecule has 1 rings (SSSR count). The Balaban J connectivity index is 2.27. The number of hydrogen-bond donors (Lipinski definition) is 1. The summed E-state index contributed by atoms with van der Waals surface area (Å²) in [4.78, 5) is 25.4. The van der Waals surface area contributed by atoms with Crippen molar-refractivity contribution in [1.29, 1.82) is 0 Å². The van der Waals surface area contributed by atoms with Gasteiger partial charge < -0.3 is 10.2 Å². The van der Waals surface area contributed by atoms with Crippen LogP contribution in [-0.4, -0.2) is 36.3 Å². The maximum Gasteiger partial charge on any atom is 0.252 e. The van der Waals surface area contributed by atoms with Gasteiger partial charge in [-0.05, 0) is 24.8 Å². The molecule has 0 saturated carbocycles. The van der Waals surface area contributed by atoms with Gasteiger partial charge in [-0.15, -0.1) is 0 Å². The van der Waals surface area contributed by atoms with Crippen molar-refractivity contribution in [1.82, 2.24) is 10.2 Å². The largest absolute Gasteiger partial charge is 0.351 e. The molecule has 0 aliphatic carbocycles. The monoisotopic (exact) mass is 282 g/mol. The van der Waals surface area contributed by atoms with Crippen LogP contribution in [0.25, 0.3) is 0 Å². The maximum atomic E-state index is 11.9. The first-order chi connectivity index (χ1) is 9.19. The molecule has 0 radical (unpaired) electrons. The minimum Gasteiger partial charge on any atom is -0.351 e. The summed E-state index contributed by atoms with van der Waals surface area (Å²) >= 11 is 1.49. The number of nitrogens with one attached hydrogen (secondary N) is 1. The fraction of sp³-hybridized carbons (Fsp3) is 0.571. The number of hydrogen-bond acceptors (Lipinski definition) is 3. The summed E-state index contributed by atoms with van der Waals surface area (Å²) in [6, 6.07) is 1.78. The lowest BCUT2D eigenvalue weighted by Gasteiger charge is -2.20. The van der Waals surface area contributed by atoms with Gasteiger partial charge in [0.2, 0.25) is 5.91 Å². The molecule has 19 heavy (non-hydrogen) atoms. The number of carbonyl (C=O) groups excluding carboxylic acids is 2. The normalized spacial score (nSPS) is 10.2. The van der Waals surface area contributed by atoms with Crippen LogP contribution in [0, 0.1) is 0 Å². The zero-order valence-corrected chi connectivity index (χ0v) is 12.5. The first kappa shape index (κ1) is 15.7. The van der Waals surface area contributed by atoms with Crippen LogP contribution in [0.2, 0.25) is 0 Å². The molecule has 0 spiro atoms. The van der Waals surface area contributed by atoms with Gasteiger partial charge >= 0.3 is 0 Å². The molecule has 1 N–H and O–H groups in total. The van der Waals surface area contributed by atoms with Crippen LogP contribution in [0.3, 0.4) is 0 Å². The van der Waals surface area contributed by atoms with Crippen molar-refractivity contribution in [2.75, 3.05) is 19.6 Å². The van der Waals surface area contributed by atoms with E-state index in [-0.39, 0.29) is 11.8 Å². The van der Waals surface area contributed by atoms with Crippen LogP contribution in [-0.2, 0) is 4.79 Å². The van der Waals surface area contributed by atoms with Gasteiger partial charge in [0, 0.05) is 37.0 Å². The maximum absolute atomic E-state index is 11.9. The molecule has 0 fully saturated rings. The van der Waals surface area contributed by atoms with E-state index in [1.807, 2.05) is 17.2 Å². The summed E-state index contributed by atoms with van der Waals surface area (Å²) in [5, 5.41) is 6.44. The van der Waals surface area contributed by atoms with Crippen molar-refractivity contribution in [3.63, 3.8) is 0 Å². The molecule has 2 amide bonds. The zero-order chi connectivity index (χ0) is 14.1. The van der Waals surface area contributed by atoms with E-state index < -0.39 is 0 Å². The van der Waals surface area contributed by atoms with Gasteiger partial charge in [-0.2, -0.15) is 11.3 Å². The van der Waals surface area contributed by atoms with Crippen LogP contribution in [0.4, 0.5) is 0 Å². The van der Waals surface area contributed by atoms with Gasteiger partial charge in [0.1, 0.15) is 0 Å². The first-order valence-corrected chi connectivity index (χ1v) is 7.71. The number of rotatable bonds is 8. The summed E-state index contributed by atoms with van der Waals surface area (Å²) in [6.07, 6.45) is 2.48. The Morgan fingerprint density at radius 1 is 1.37 bits per heavy atom. The minimum absolute atomic E-state index is 0.106. The lowest BCUT2D eigenvalue weighted by molar-refractivity contribution is -0.130. The smallest absolute Gasteiger partial charge is 0.252 e. The van der Waals surface area contributed by atoms with E-state index in [0.29, 0.717) is 18.5 Å². The van der Waals surface area contributed by atoms with Gasteiger partial charge in [-0.1, -0.05) is 13.3 Å². The molecule has 1 aromatic rings. The third kappa shape index (κ3) is 5.42. The molecule has 0 aliphatic rings. The summed E-state index contributed by atoms with van der Waals surface area (Å²) in [6.45, 7) is 6.04. The van der Waals surface area contributed by atoms with E-state index in [1.54, 1.807) is 11.4 Å². The zero-order valence-electron chi connectivity index (χ0n) is 11.6. The molecule has 0 unspecified atom stereocenters. The molecule has 4 nitrogen and oxygen atoms in total. The molecular weight excluding hydrogens is 260 g/mol. The average molecular weight is 282 g/mol. The highest BCUT2D eigenvalue weighted by Crippen LogP contribution is 2.05. The summed E-state index contributed by atoms with van der Waals surface area (Å²) in [7, 11) is 0. The SMILES string of the molecule is CCCCN(CC)C(=O)CCNC(=O)c1ccsc1. The third-order valence-corrected chi connectivity index (χ3v) is 3.61. The molecular formula is C14H22N2O2S. The summed E-state index contributed by atoms with van der Waals surface area (Å²) in [5.41, 5.74) is 0.663. The fourth-order valence-corrected chi connectivity index (χ4v) is 2.38. The lowest BCUT2D eigenvalue weighted by atomic mass is 10.2. The van der Waals surface area contributed by atoms with Gasteiger partial charge in [-0.25, -0.2) is 0 Å². The van der Waals surface area contributed by atoms with E-state index in [4.69, 9.17) is 0 Å². The molecule has 0 atom stereocenters. The Labute approximate surface area is 118 Å². The highest BCUT2D eigenvalue weighted by atomic mass is 32.1. The van der Waals surface area contributed by atoms with Crippen LogP contribution in [0.15, 0.2) is 16.8 Å². The molecule has 1 heterocycles. The van der Waals surface area contributed by atoms with Crippen LogP contribution >= 0.6 is 11.3 Å². The average Bonchev–Trinajstić information content (AvgIpc) is 2.93. The number of unbranched alkanes of at least 4 members (excludes halogenated alkanes) is 1. The predicted octanol–water partition coefficient (Wildman–Crippen LogP) is 2.52. The lowest BCUT2D eigenvalue weighted by Crippen LogP contribution is -2.35. The van der Waals surface area contributed by atoms with Gasteiger partial charge in [0.25, 0.3) is 5.91 Å². The minimum atomic E-state index is -0.106. The second kappa shape index (κ2) is 8.69. The summed E-state index contributed by atoms with van der Waals surface area (Å²) < 4.78 is 0. The number of thiophene rings is 1. The molecule has 0 aliphatic heterocycles. The molecule has 0 bridgehead atoms. The first-order valence-electron chi connectivity index (χ1n) is 6.77. The quantitative estimate of drug-likeness (QED) is 0.796. The Hall–Kier alpha value is -1.36. The second-order valence-corrected chi connectivity index (χ2v) is 5.12. The van der Waals surface area contributed by atoms with E-state index in [9.17, 15) is 9.59 Å². The Morgan fingerprint density at radius 3 is 2.74 bits per heavy atom. The Kier molecular flexibility index (Phi) is 7.18. The topological polar surface area (TPSA) is 49.4 Å².